The number of halogens is 5. The molecule has 1 amide bonds. The molecule has 238 valence electrons. The summed E-state index contributed by atoms with van der Waals surface area (Å²) >= 11 is 6.90. The maximum atomic E-state index is 14.4. The van der Waals surface area contributed by atoms with Crippen LogP contribution in [0.5, 0.6) is 0 Å². The van der Waals surface area contributed by atoms with Crippen LogP contribution in [0.2, 0.25) is 5.02 Å². The standard InChI is InChI=1S/C35H20ClF4N5O2S/c36-23-10-8-9-21(17-23)31-22(20-44(43-31)24-11-2-1-3-12-24)18-30-33(47)45(29-16-7-4-13-26(29)35(38,39)40)34(48-30)25(19-41)32(46)42-28-15-6-5-14-27(28)37/h1-18,20H,(H,42,46)/b30-18-,34-25+. The summed E-state index contributed by atoms with van der Waals surface area (Å²) in [6.07, 6.45) is -1.83. The summed E-state index contributed by atoms with van der Waals surface area (Å²) in [5, 5.41) is 17.5. The van der Waals surface area contributed by atoms with Crippen LogP contribution in [0.15, 0.2) is 114 Å². The van der Waals surface area contributed by atoms with E-state index in [0.717, 1.165) is 24.3 Å². The average Bonchev–Trinajstić information content (AvgIpc) is 3.63. The largest absolute Gasteiger partial charge is 0.418 e. The molecule has 6 rings (SSSR count). The third-order valence-corrected chi connectivity index (χ3v) is 8.42. The molecule has 0 radical (unpaired) electrons. The van der Waals surface area contributed by atoms with E-state index in [1.807, 2.05) is 30.3 Å². The van der Waals surface area contributed by atoms with Crippen LogP contribution < -0.4 is 20.1 Å². The lowest BCUT2D eigenvalue weighted by molar-refractivity contribution is -0.137. The van der Waals surface area contributed by atoms with E-state index in [-0.39, 0.29) is 14.9 Å². The first-order valence-electron chi connectivity index (χ1n) is 14.1. The zero-order chi connectivity index (χ0) is 34.0. The Kier molecular flexibility index (Phi) is 8.82. The summed E-state index contributed by atoms with van der Waals surface area (Å²) in [6, 6.07) is 27.1. The molecule has 0 aliphatic heterocycles. The SMILES string of the molecule is N#C/C(C(=O)Nc1ccccc1F)=c1\s/c(=C\c2cn(-c3ccccc3)nc2-c2cccc(Cl)c2)c(=O)n1-c1ccccc1C(F)(F)F. The Balaban J connectivity index is 1.65. The number of amides is 1. The van der Waals surface area contributed by atoms with E-state index in [4.69, 9.17) is 16.7 Å². The van der Waals surface area contributed by atoms with Gasteiger partial charge in [0.05, 0.1) is 27.2 Å². The minimum absolute atomic E-state index is 0.107. The van der Waals surface area contributed by atoms with Gasteiger partial charge in [-0.05, 0) is 54.6 Å². The van der Waals surface area contributed by atoms with Crippen LogP contribution in [0.1, 0.15) is 11.1 Å². The first kappa shape index (κ1) is 32.2. The zero-order valence-electron chi connectivity index (χ0n) is 24.4. The Bertz CT molecular complexity index is 2410. The van der Waals surface area contributed by atoms with Crippen molar-refractivity contribution in [2.75, 3.05) is 5.32 Å². The molecule has 0 saturated carbocycles. The van der Waals surface area contributed by atoms with Crippen molar-refractivity contribution in [3.63, 3.8) is 0 Å². The van der Waals surface area contributed by atoms with E-state index >= 15 is 0 Å². The molecule has 0 aliphatic carbocycles. The number of rotatable bonds is 6. The molecule has 4 aromatic carbocycles. The van der Waals surface area contributed by atoms with Gasteiger partial charge in [0, 0.05) is 22.3 Å². The molecule has 1 N–H and O–H groups in total. The Labute approximate surface area is 278 Å². The smallest absolute Gasteiger partial charge is 0.319 e. The molecule has 0 unspecified atom stereocenters. The summed E-state index contributed by atoms with van der Waals surface area (Å²) in [6.45, 7) is 0. The number of thiazole rings is 1. The number of benzene rings is 4. The van der Waals surface area contributed by atoms with Crippen LogP contribution in [0, 0.1) is 17.1 Å². The summed E-state index contributed by atoms with van der Waals surface area (Å²) in [5.41, 5.74) is -1.57. The molecule has 48 heavy (non-hydrogen) atoms. The van der Waals surface area contributed by atoms with Gasteiger partial charge in [0.25, 0.3) is 11.5 Å². The number of nitrogens with zero attached hydrogens (tertiary/aromatic N) is 4. The van der Waals surface area contributed by atoms with Crippen molar-refractivity contribution in [3.8, 4) is 28.7 Å². The summed E-state index contributed by atoms with van der Waals surface area (Å²) in [7, 11) is 0. The lowest BCUT2D eigenvalue weighted by Gasteiger charge is -2.13. The number of carbonyl (C=O) groups excluding carboxylic acids is 1. The van der Waals surface area contributed by atoms with Crippen LogP contribution in [-0.2, 0) is 11.0 Å². The van der Waals surface area contributed by atoms with E-state index in [1.165, 1.54) is 30.3 Å². The number of nitrogens with one attached hydrogen (secondary N) is 1. The van der Waals surface area contributed by atoms with Crippen LogP contribution >= 0.6 is 22.9 Å². The van der Waals surface area contributed by atoms with Crippen molar-refractivity contribution in [1.29, 1.82) is 5.26 Å². The number of carbonyl (C=O) groups is 1. The maximum Gasteiger partial charge on any atom is 0.418 e. The van der Waals surface area contributed by atoms with Gasteiger partial charge in [-0.25, -0.2) is 9.07 Å². The highest BCUT2D eigenvalue weighted by Gasteiger charge is 2.34. The minimum Gasteiger partial charge on any atom is -0.319 e. The number of aromatic nitrogens is 3. The fraction of sp³-hybridized carbons (Fsp3) is 0.0286. The molecule has 0 spiro atoms. The van der Waals surface area contributed by atoms with Crippen molar-refractivity contribution in [1.82, 2.24) is 14.3 Å². The lowest BCUT2D eigenvalue weighted by Crippen LogP contribution is -2.33. The number of alkyl halides is 3. The first-order valence-corrected chi connectivity index (χ1v) is 15.3. The van der Waals surface area contributed by atoms with E-state index in [1.54, 1.807) is 41.2 Å². The number of para-hydroxylation sites is 3. The molecule has 2 aromatic heterocycles. The van der Waals surface area contributed by atoms with E-state index < -0.39 is 40.3 Å². The van der Waals surface area contributed by atoms with Gasteiger partial charge in [0.1, 0.15) is 22.2 Å². The third-order valence-electron chi connectivity index (χ3n) is 7.10. The molecule has 2 heterocycles. The number of hydrogen-bond acceptors (Lipinski definition) is 5. The number of hydrogen-bond donors (Lipinski definition) is 1. The third kappa shape index (κ3) is 6.42. The average molecular weight is 686 g/mol. The van der Waals surface area contributed by atoms with Gasteiger partial charge in [-0.15, -0.1) is 11.3 Å². The minimum atomic E-state index is -4.89. The second-order valence-corrected chi connectivity index (χ2v) is 11.7. The molecule has 7 nitrogen and oxygen atoms in total. The fourth-order valence-electron chi connectivity index (χ4n) is 4.93. The van der Waals surface area contributed by atoms with Gasteiger partial charge < -0.3 is 5.32 Å². The quantitative estimate of drug-likeness (QED) is 0.198. The van der Waals surface area contributed by atoms with Crippen LogP contribution in [0.3, 0.4) is 0 Å². The Hall–Kier alpha value is -5.77. The summed E-state index contributed by atoms with van der Waals surface area (Å²) in [4.78, 5) is 27.5. The topological polar surface area (TPSA) is 92.7 Å². The molecule has 0 aliphatic rings. The lowest BCUT2D eigenvalue weighted by atomic mass is 10.1. The van der Waals surface area contributed by atoms with E-state index in [2.05, 4.69) is 5.32 Å². The molecular weight excluding hydrogens is 666 g/mol. The Morgan fingerprint density at radius 2 is 1.67 bits per heavy atom. The van der Waals surface area contributed by atoms with Crippen molar-refractivity contribution >= 4 is 46.2 Å². The van der Waals surface area contributed by atoms with Crippen molar-refractivity contribution in [3.05, 3.63) is 151 Å². The zero-order valence-corrected chi connectivity index (χ0v) is 25.9. The molecular formula is C35H20ClF4N5O2S. The van der Waals surface area contributed by atoms with Gasteiger partial charge in [-0.2, -0.15) is 23.5 Å². The Morgan fingerprint density at radius 1 is 0.958 bits per heavy atom. The Morgan fingerprint density at radius 3 is 2.38 bits per heavy atom. The van der Waals surface area contributed by atoms with Crippen LogP contribution in [-0.4, -0.2) is 20.3 Å². The van der Waals surface area contributed by atoms with E-state index in [9.17, 15) is 32.4 Å². The van der Waals surface area contributed by atoms with Crippen molar-refractivity contribution < 1.29 is 22.4 Å². The molecule has 0 fully saturated rings. The normalized spacial score (nSPS) is 12.5. The fourth-order valence-corrected chi connectivity index (χ4v) is 6.20. The number of nitriles is 1. The number of anilines is 1. The monoisotopic (exact) mass is 685 g/mol. The predicted molar refractivity (Wildman–Crippen MR) is 176 cm³/mol. The van der Waals surface area contributed by atoms with Gasteiger partial charge in [0.15, 0.2) is 5.57 Å². The predicted octanol–water partition coefficient (Wildman–Crippen LogP) is 6.70. The molecule has 13 heteroatoms. The summed E-state index contributed by atoms with van der Waals surface area (Å²) in [5.74, 6) is -1.92. The first-order chi connectivity index (χ1) is 23.0. The molecule has 0 saturated heterocycles. The van der Waals surface area contributed by atoms with Crippen LogP contribution in [0.25, 0.3) is 34.3 Å². The highest BCUT2D eigenvalue weighted by Crippen LogP contribution is 2.33. The highest BCUT2D eigenvalue weighted by atomic mass is 35.5. The van der Waals surface area contributed by atoms with Gasteiger partial charge >= 0.3 is 6.18 Å². The molecule has 0 bridgehead atoms. The van der Waals surface area contributed by atoms with Crippen molar-refractivity contribution in [2.45, 2.75) is 6.18 Å². The maximum absolute atomic E-state index is 14.4. The van der Waals surface area contributed by atoms with Crippen molar-refractivity contribution in [2.24, 2.45) is 0 Å². The highest BCUT2D eigenvalue weighted by molar-refractivity contribution is 7.07. The molecule has 0 atom stereocenters. The van der Waals surface area contributed by atoms with E-state index in [0.29, 0.717) is 43.4 Å². The van der Waals surface area contributed by atoms with Crippen LogP contribution in [0.4, 0.5) is 23.2 Å². The van der Waals surface area contributed by atoms with Gasteiger partial charge in [0.2, 0.25) is 0 Å². The van der Waals surface area contributed by atoms with Gasteiger partial charge in [-0.3, -0.25) is 14.2 Å². The molecule has 6 aromatic rings. The van der Waals surface area contributed by atoms with Gasteiger partial charge in [-0.1, -0.05) is 66.2 Å². The second-order valence-electron chi connectivity index (χ2n) is 10.2. The second kappa shape index (κ2) is 13.2. The summed E-state index contributed by atoms with van der Waals surface area (Å²) < 4.78 is 58.8.